The van der Waals surface area contributed by atoms with Crippen LogP contribution in [0.15, 0.2) is 34.9 Å². The summed E-state index contributed by atoms with van der Waals surface area (Å²) >= 11 is 15.5. The van der Waals surface area contributed by atoms with Gasteiger partial charge in [0.25, 0.3) is 0 Å². The van der Waals surface area contributed by atoms with Crippen LogP contribution in [0.1, 0.15) is 18.9 Å². The van der Waals surface area contributed by atoms with E-state index in [0.29, 0.717) is 28.2 Å². The third-order valence-corrected chi connectivity index (χ3v) is 3.96. The SMILES string of the molecule is CCCNCc1cc(Oc2ccc(Cl)cc2Br)ncc1Cl. The van der Waals surface area contributed by atoms with E-state index in [-0.39, 0.29) is 0 Å². The van der Waals surface area contributed by atoms with Crippen molar-refractivity contribution in [3.8, 4) is 11.6 Å². The van der Waals surface area contributed by atoms with Gasteiger partial charge in [-0.3, -0.25) is 0 Å². The second-order valence-corrected chi connectivity index (χ2v) is 6.17. The van der Waals surface area contributed by atoms with Gasteiger partial charge in [-0.25, -0.2) is 4.98 Å². The van der Waals surface area contributed by atoms with E-state index in [1.54, 1.807) is 24.4 Å². The minimum atomic E-state index is 0.496. The molecule has 0 atom stereocenters. The molecular weight excluding hydrogens is 375 g/mol. The molecule has 0 radical (unpaired) electrons. The van der Waals surface area contributed by atoms with Crippen molar-refractivity contribution < 1.29 is 4.74 Å². The summed E-state index contributed by atoms with van der Waals surface area (Å²) in [6.45, 7) is 3.75. The number of pyridine rings is 1. The molecule has 2 rings (SSSR count). The van der Waals surface area contributed by atoms with Gasteiger partial charge in [-0.05, 0) is 52.7 Å². The maximum Gasteiger partial charge on any atom is 0.219 e. The van der Waals surface area contributed by atoms with Gasteiger partial charge in [0.15, 0.2) is 0 Å². The van der Waals surface area contributed by atoms with E-state index in [2.05, 4.69) is 33.2 Å². The van der Waals surface area contributed by atoms with Crippen LogP contribution in [0.25, 0.3) is 0 Å². The van der Waals surface area contributed by atoms with Crippen LogP contribution in [0.3, 0.4) is 0 Å². The van der Waals surface area contributed by atoms with Gasteiger partial charge in [0, 0.05) is 23.8 Å². The van der Waals surface area contributed by atoms with Crippen molar-refractivity contribution >= 4 is 39.1 Å². The number of ether oxygens (including phenoxy) is 1. The summed E-state index contributed by atoms with van der Waals surface area (Å²) in [6, 6.07) is 7.17. The Bertz CT molecular complexity index is 623. The Labute approximate surface area is 142 Å². The lowest BCUT2D eigenvalue weighted by Crippen LogP contribution is -2.14. The van der Waals surface area contributed by atoms with Gasteiger partial charge in [-0.15, -0.1) is 0 Å². The van der Waals surface area contributed by atoms with Gasteiger partial charge in [0.2, 0.25) is 5.88 Å². The van der Waals surface area contributed by atoms with E-state index in [4.69, 9.17) is 27.9 Å². The second kappa shape index (κ2) is 7.99. The highest BCUT2D eigenvalue weighted by atomic mass is 79.9. The van der Waals surface area contributed by atoms with Crippen LogP contribution in [0.2, 0.25) is 10.0 Å². The van der Waals surface area contributed by atoms with E-state index in [0.717, 1.165) is 23.0 Å². The van der Waals surface area contributed by atoms with Gasteiger partial charge in [-0.1, -0.05) is 30.1 Å². The van der Waals surface area contributed by atoms with E-state index in [9.17, 15) is 0 Å². The molecule has 0 spiro atoms. The first-order chi connectivity index (χ1) is 10.1. The first kappa shape index (κ1) is 16.6. The van der Waals surface area contributed by atoms with Crippen molar-refractivity contribution in [3.05, 3.63) is 50.5 Å². The molecule has 6 heteroatoms. The van der Waals surface area contributed by atoms with E-state index >= 15 is 0 Å². The van der Waals surface area contributed by atoms with Crippen molar-refractivity contribution in [2.24, 2.45) is 0 Å². The fraction of sp³-hybridized carbons (Fsp3) is 0.267. The average molecular weight is 390 g/mol. The summed E-state index contributed by atoms with van der Waals surface area (Å²) < 4.78 is 6.54. The molecule has 0 amide bonds. The number of nitrogens with one attached hydrogen (secondary N) is 1. The smallest absolute Gasteiger partial charge is 0.219 e. The highest BCUT2D eigenvalue weighted by Gasteiger charge is 2.08. The lowest BCUT2D eigenvalue weighted by Gasteiger charge is -2.10. The van der Waals surface area contributed by atoms with Crippen molar-refractivity contribution in [2.45, 2.75) is 19.9 Å². The fourth-order valence-electron chi connectivity index (χ4n) is 1.72. The Hall–Kier alpha value is -0.810. The molecule has 1 heterocycles. The van der Waals surface area contributed by atoms with Crippen LogP contribution in [0.5, 0.6) is 11.6 Å². The highest BCUT2D eigenvalue weighted by Crippen LogP contribution is 2.32. The zero-order valence-electron chi connectivity index (χ0n) is 11.5. The number of aromatic nitrogens is 1. The number of benzene rings is 1. The molecule has 0 aliphatic rings. The van der Waals surface area contributed by atoms with Crippen LogP contribution in [-0.4, -0.2) is 11.5 Å². The third-order valence-electron chi connectivity index (χ3n) is 2.76. The third kappa shape index (κ3) is 4.85. The van der Waals surface area contributed by atoms with Gasteiger partial charge in [0.05, 0.1) is 9.50 Å². The molecule has 0 unspecified atom stereocenters. The van der Waals surface area contributed by atoms with Crippen molar-refractivity contribution in [1.82, 2.24) is 10.3 Å². The van der Waals surface area contributed by atoms with E-state index < -0.39 is 0 Å². The van der Waals surface area contributed by atoms with Crippen LogP contribution in [0.4, 0.5) is 0 Å². The Morgan fingerprint density at radius 3 is 2.81 bits per heavy atom. The van der Waals surface area contributed by atoms with Crippen LogP contribution in [0, 0.1) is 0 Å². The molecular formula is C15H15BrCl2N2O. The van der Waals surface area contributed by atoms with Crippen molar-refractivity contribution in [1.29, 1.82) is 0 Å². The van der Waals surface area contributed by atoms with Crippen LogP contribution >= 0.6 is 39.1 Å². The zero-order chi connectivity index (χ0) is 15.2. The Kier molecular flexibility index (Phi) is 6.30. The summed E-state index contributed by atoms with van der Waals surface area (Å²) in [5.41, 5.74) is 0.959. The lowest BCUT2D eigenvalue weighted by molar-refractivity contribution is 0.459. The Balaban J connectivity index is 2.14. The average Bonchev–Trinajstić information content (AvgIpc) is 2.45. The summed E-state index contributed by atoms with van der Waals surface area (Å²) in [7, 11) is 0. The van der Waals surface area contributed by atoms with Crippen LogP contribution < -0.4 is 10.1 Å². The highest BCUT2D eigenvalue weighted by molar-refractivity contribution is 9.10. The molecule has 1 aromatic carbocycles. The normalized spacial score (nSPS) is 10.7. The molecule has 21 heavy (non-hydrogen) atoms. The monoisotopic (exact) mass is 388 g/mol. The molecule has 1 N–H and O–H groups in total. The van der Waals surface area contributed by atoms with Crippen molar-refractivity contribution in [2.75, 3.05) is 6.54 Å². The molecule has 1 aromatic heterocycles. The standard InChI is InChI=1S/C15H15BrCl2N2O/c1-2-5-19-8-10-6-15(20-9-13(10)18)21-14-4-3-11(17)7-12(14)16/h3-4,6-7,9,19H,2,5,8H2,1H3. The lowest BCUT2D eigenvalue weighted by atomic mass is 10.2. The van der Waals surface area contributed by atoms with Gasteiger partial charge < -0.3 is 10.1 Å². The largest absolute Gasteiger partial charge is 0.438 e. The topological polar surface area (TPSA) is 34.1 Å². The maximum absolute atomic E-state index is 6.15. The zero-order valence-corrected chi connectivity index (χ0v) is 14.6. The Morgan fingerprint density at radius 1 is 1.29 bits per heavy atom. The van der Waals surface area contributed by atoms with E-state index in [1.807, 2.05) is 6.07 Å². The first-order valence-electron chi connectivity index (χ1n) is 6.58. The summed E-state index contributed by atoms with van der Waals surface area (Å²) in [5.74, 6) is 1.15. The molecule has 112 valence electrons. The maximum atomic E-state index is 6.15. The molecule has 0 saturated heterocycles. The fourth-order valence-corrected chi connectivity index (χ4v) is 2.65. The number of nitrogens with zero attached hydrogens (tertiary/aromatic N) is 1. The summed E-state index contributed by atoms with van der Waals surface area (Å²) in [5, 5.41) is 4.58. The molecule has 3 nitrogen and oxygen atoms in total. The predicted octanol–water partition coefficient (Wildman–Crippen LogP) is 5.44. The van der Waals surface area contributed by atoms with Gasteiger partial charge >= 0.3 is 0 Å². The van der Waals surface area contributed by atoms with E-state index in [1.165, 1.54) is 0 Å². The molecule has 2 aromatic rings. The minimum absolute atomic E-state index is 0.496. The van der Waals surface area contributed by atoms with Gasteiger partial charge in [-0.2, -0.15) is 0 Å². The first-order valence-corrected chi connectivity index (χ1v) is 8.13. The molecule has 0 aliphatic heterocycles. The van der Waals surface area contributed by atoms with Crippen LogP contribution in [-0.2, 0) is 6.54 Å². The summed E-state index contributed by atoms with van der Waals surface area (Å²) in [4.78, 5) is 4.19. The van der Waals surface area contributed by atoms with Crippen molar-refractivity contribution in [3.63, 3.8) is 0 Å². The minimum Gasteiger partial charge on any atom is -0.438 e. The number of halogens is 3. The molecule has 0 bridgehead atoms. The number of hydrogen-bond donors (Lipinski definition) is 1. The quantitative estimate of drug-likeness (QED) is 0.667. The Morgan fingerprint density at radius 2 is 2.10 bits per heavy atom. The molecule has 0 aliphatic carbocycles. The molecule has 0 fully saturated rings. The summed E-state index contributed by atoms with van der Waals surface area (Å²) in [6.07, 6.45) is 2.67. The number of rotatable bonds is 6. The number of hydrogen-bond acceptors (Lipinski definition) is 3. The molecule has 0 saturated carbocycles. The second-order valence-electron chi connectivity index (χ2n) is 4.47. The van der Waals surface area contributed by atoms with Gasteiger partial charge in [0.1, 0.15) is 5.75 Å². The predicted molar refractivity (Wildman–Crippen MR) is 90.5 cm³/mol.